The number of likely N-dealkylation sites (tertiary alicyclic amines) is 1. The maximum Gasteiger partial charge on any atom is 0.0306 e. The molecule has 2 heteroatoms. The zero-order chi connectivity index (χ0) is 13.9. The van der Waals surface area contributed by atoms with Gasteiger partial charge in [0.25, 0.3) is 0 Å². The van der Waals surface area contributed by atoms with Crippen LogP contribution in [0.15, 0.2) is 0 Å². The first-order chi connectivity index (χ1) is 9.01. The molecule has 2 aliphatic rings. The van der Waals surface area contributed by atoms with Crippen LogP contribution in [0.5, 0.6) is 0 Å². The number of rotatable bonds is 3. The lowest BCUT2D eigenvalue weighted by molar-refractivity contribution is 0.0603. The topological polar surface area (TPSA) is 29.3 Å². The molecule has 3 unspecified atom stereocenters. The second kappa shape index (κ2) is 6.58. The van der Waals surface area contributed by atoms with Crippen molar-refractivity contribution >= 4 is 0 Å². The highest BCUT2D eigenvalue weighted by atomic mass is 15.2. The second-order valence-electron chi connectivity index (χ2n) is 7.61. The van der Waals surface area contributed by atoms with E-state index in [4.69, 9.17) is 5.73 Å². The minimum atomic E-state index is 0.173. The number of hydrogen-bond acceptors (Lipinski definition) is 2. The van der Waals surface area contributed by atoms with Crippen LogP contribution in [0, 0.1) is 11.8 Å². The van der Waals surface area contributed by atoms with E-state index >= 15 is 0 Å². The van der Waals surface area contributed by atoms with Gasteiger partial charge in [0.1, 0.15) is 0 Å². The summed E-state index contributed by atoms with van der Waals surface area (Å²) < 4.78 is 0. The summed E-state index contributed by atoms with van der Waals surface area (Å²) in [6.07, 6.45) is 11.0. The fraction of sp³-hybridized carbons (Fsp3) is 1.00. The van der Waals surface area contributed by atoms with E-state index in [-0.39, 0.29) is 5.54 Å². The molecule has 1 aliphatic heterocycles. The van der Waals surface area contributed by atoms with Gasteiger partial charge in [0.2, 0.25) is 0 Å². The van der Waals surface area contributed by atoms with Crippen molar-refractivity contribution in [1.29, 1.82) is 0 Å². The maximum atomic E-state index is 6.73. The first-order valence-electron chi connectivity index (χ1n) is 8.52. The van der Waals surface area contributed by atoms with E-state index in [0.717, 1.165) is 11.8 Å². The summed E-state index contributed by atoms with van der Waals surface area (Å²) in [7, 11) is 0. The molecule has 3 atom stereocenters. The molecule has 1 aliphatic carbocycles. The summed E-state index contributed by atoms with van der Waals surface area (Å²) in [4.78, 5) is 2.68. The molecule has 0 aromatic rings. The molecule has 0 aromatic heterocycles. The monoisotopic (exact) mass is 266 g/mol. The van der Waals surface area contributed by atoms with Crippen LogP contribution in [0.3, 0.4) is 0 Å². The molecule has 1 saturated carbocycles. The van der Waals surface area contributed by atoms with Gasteiger partial charge in [0.15, 0.2) is 0 Å². The zero-order valence-corrected chi connectivity index (χ0v) is 13.3. The van der Waals surface area contributed by atoms with E-state index in [1.807, 2.05) is 0 Å². The van der Waals surface area contributed by atoms with Crippen molar-refractivity contribution < 1.29 is 0 Å². The molecule has 0 bridgehead atoms. The Hall–Kier alpha value is -0.0800. The fourth-order valence-corrected chi connectivity index (χ4v) is 4.24. The van der Waals surface area contributed by atoms with Crippen LogP contribution in [0.2, 0.25) is 0 Å². The van der Waals surface area contributed by atoms with Gasteiger partial charge in [-0.15, -0.1) is 0 Å². The van der Waals surface area contributed by atoms with Crippen molar-refractivity contribution in [2.45, 2.75) is 83.7 Å². The lowest BCUT2D eigenvalue weighted by atomic mass is 9.73. The maximum absolute atomic E-state index is 6.73. The third kappa shape index (κ3) is 3.72. The Labute approximate surface area is 120 Å². The van der Waals surface area contributed by atoms with Gasteiger partial charge in [-0.2, -0.15) is 0 Å². The summed E-state index contributed by atoms with van der Waals surface area (Å²) >= 11 is 0. The molecule has 2 N–H and O–H groups in total. The van der Waals surface area contributed by atoms with Crippen molar-refractivity contribution in [2.75, 3.05) is 13.1 Å². The van der Waals surface area contributed by atoms with Crippen LogP contribution in [0.25, 0.3) is 0 Å². The molecule has 2 fully saturated rings. The average molecular weight is 266 g/mol. The molecule has 0 aromatic carbocycles. The van der Waals surface area contributed by atoms with Gasteiger partial charge in [0.05, 0.1) is 0 Å². The Balaban J connectivity index is 1.99. The molecule has 112 valence electrons. The van der Waals surface area contributed by atoms with Crippen LogP contribution >= 0.6 is 0 Å². The summed E-state index contributed by atoms with van der Waals surface area (Å²) in [5.74, 6) is 1.62. The lowest BCUT2D eigenvalue weighted by Gasteiger charge is -2.47. The third-order valence-corrected chi connectivity index (χ3v) is 5.72. The molecule has 0 amide bonds. The molecule has 1 heterocycles. The Morgan fingerprint density at radius 2 is 1.63 bits per heavy atom. The van der Waals surface area contributed by atoms with E-state index in [0.29, 0.717) is 6.04 Å². The van der Waals surface area contributed by atoms with Gasteiger partial charge in [0, 0.05) is 11.6 Å². The molecular weight excluding hydrogens is 232 g/mol. The van der Waals surface area contributed by atoms with Gasteiger partial charge in [-0.05, 0) is 64.5 Å². The van der Waals surface area contributed by atoms with Crippen molar-refractivity contribution in [3.63, 3.8) is 0 Å². The predicted octanol–water partition coefficient (Wildman–Crippen LogP) is 3.79. The van der Waals surface area contributed by atoms with Crippen molar-refractivity contribution in [3.05, 3.63) is 0 Å². The summed E-state index contributed by atoms with van der Waals surface area (Å²) in [6, 6.07) is 0.341. The van der Waals surface area contributed by atoms with Gasteiger partial charge in [-0.1, -0.05) is 32.6 Å². The highest BCUT2D eigenvalue weighted by Crippen LogP contribution is 2.35. The number of nitrogens with zero attached hydrogens (tertiary/aromatic N) is 1. The quantitative estimate of drug-likeness (QED) is 0.842. The minimum Gasteiger partial charge on any atom is -0.326 e. The standard InChI is InChI=1S/C17H34N2/c1-14-9-8-10-15(13-14)16(18)17(2,3)19-11-6-4-5-7-12-19/h14-16H,4-13,18H2,1-3H3. The van der Waals surface area contributed by atoms with Crippen LogP contribution in [0.1, 0.15) is 72.1 Å². The predicted molar refractivity (Wildman–Crippen MR) is 83.2 cm³/mol. The Morgan fingerprint density at radius 3 is 2.21 bits per heavy atom. The van der Waals surface area contributed by atoms with Crippen molar-refractivity contribution in [2.24, 2.45) is 17.6 Å². The van der Waals surface area contributed by atoms with Crippen LogP contribution in [-0.2, 0) is 0 Å². The SMILES string of the molecule is CC1CCCC(C(N)C(C)(C)N2CCCCCC2)C1. The molecular formula is C17H34N2. The van der Waals surface area contributed by atoms with Gasteiger partial charge in [-0.3, -0.25) is 4.90 Å². The Bertz CT molecular complexity index is 266. The van der Waals surface area contributed by atoms with Crippen LogP contribution < -0.4 is 5.73 Å². The first-order valence-corrected chi connectivity index (χ1v) is 8.52. The Kier molecular flexibility index (Phi) is 5.30. The highest BCUT2D eigenvalue weighted by Gasteiger charge is 2.38. The van der Waals surface area contributed by atoms with E-state index in [2.05, 4.69) is 25.7 Å². The molecule has 2 rings (SSSR count). The molecule has 2 nitrogen and oxygen atoms in total. The molecule has 19 heavy (non-hydrogen) atoms. The Morgan fingerprint density at radius 1 is 1.00 bits per heavy atom. The first kappa shape index (κ1) is 15.3. The summed E-state index contributed by atoms with van der Waals surface area (Å²) in [5, 5.41) is 0. The van der Waals surface area contributed by atoms with Crippen LogP contribution in [0.4, 0.5) is 0 Å². The summed E-state index contributed by atoms with van der Waals surface area (Å²) in [5.41, 5.74) is 6.90. The minimum absolute atomic E-state index is 0.173. The third-order valence-electron chi connectivity index (χ3n) is 5.72. The molecule has 1 saturated heterocycles. The fourth-order valence-electron chi connectivity index (χ4n) is 4.24. The second-order valence-corrected chi connectivity index (χ2v) is 7.61. The normalized spacial score (nSPS) is 32.8. The van der Waals surface area contributed by atoms with Crippen LogP contribution in [-0.4, -0.2) is 29.6 Å². The highest BCUT2D eigenvalue weighted by molar-refractivity contribution is 4.97. The largest absolute Gasteiger partial charge is 0.326 e. The molecule has 0 spiro atoms. The zero-order valence-electron chi connectivity index (χ0n) is 13.3. The lowest BCUT2D eigenvalue weighted by Crippen LogP contribution is -2.59. The average Bonchev–Trinajstić information content (AvgIpc) is 2.67. The van der Waals surface area contributed by atoms with E-state index in [1.165, 1.54) is 64.5 Å². The van der Waals surface area contributed by atoms with Crippen molar-refractivity contribution in [3.8, 4) is 0 Å². The molecule has 0 radical (unpaired) electrons. The smallest absolute Gasteiger partial charge is 0.0306 e. The summed E-state index contributed by atoms with van der Waals surface area (Å²) in [6.45, 7) is 9.69. The van der Waals surface area contributed by atoms with Gasteiger partial charge in [-0.25, -0.2) is 0 Å². The van der Waals surface area contributed by atoms with E-state index < -0.39 is 0 Å². The van der Waals surface area contributed by atoms with Gasteiger partial charge >= 0.3 is 0 Å². The van der Waals surface area contributed by atoms with Crippen molar-refractivity contribution in [1.82, 2.24) is 4.90 Å². The van der Waals surface area contributed by atoms with E-state index in [9.17, 15) is 0 Å². The number of hydrogen-bond donors (Lipinski definition) is 1. The van der Waals surface area contributed by atoms with E-state index in [1.54, 1.807) is 0 Å². The number of nitrogens with two attached hydrogens (primary N) is 1. The van der Waals surface area contributed by atoms with Gasteiger partial charge < -0.3 is 5.73 Å².